The highest BCUT2D eigenvalue weighted by molar-refractivity contribution is 9.10. The van der Waals surface area contributed by atoms with Crippen LogP contribution in [0, 0.1) is 11.3 Å². The van der Waals surface area contributed by atoms with Gasteiger partial charge < -0.3 is 4.98 Å². The first-order valence-corrected chi connectivity index (χ1v) is 5.25. The summed E-state index contributed by atoms with van der Waals surface area (Å²) >= 11 is 3.08. The van der Waals surface area contributed by atoms with Gasteiger partial charge in [-0.15, -0.1) is 0 Å². The molecule has 0 aliphatic heterocycles. The maximum absolute atomic E-state index is 11.4. The van der Waals surface area contributed by atoms with E-state index in [1.807, 2.05) is 6.07 Å². The highest BCUT2D eigenvalue weighted by atomic mass is 79.9. The lowest BCUT2D eigenvalue weighted by atomic mass is 10.1. The Hall–Kier alpha value is -1.93. The van der Waals surface area contributed by atoms with Crippen LogP contribution in [-0.4, -0.2) is 9.97 Å². The molecule has 16 heavy (non-hydrogen) atoms. The Labute approximate surface area is 99.7 Å². The number of nitriles is 1. The van der Waals surface area contributed by atoms with Crippen molar-refractivity contribution in [1.82, 2.24) is 9.97 Å². The van der Waals surface area contributed by atoms with Crippen molar-refractivity contribution >= 4 is 15.9 Å². The van der Waals surface area contributed by atoms with E-state index in [0.717, 1.165) is 0 Å². The standard InChI is InChI=1S/C11H6BrN3O/c12-9-4-8(5-13)10(15-11(9)16)7-2-1-3-14-6-7/h1-4,6H,(H,15,16). The van der Waals surface area contributed by atoms with Gasteiger partial charge in [0.05, 0.1) is 15.7 Å². The van der Waals surface area contributed by atoms with Crippen molar-refractivity contribution < 1.29 is 0 Å². The summed E-state index contributed by atoms with van der Waals surface area (Å²) in [5, 5.41) is 8.98. The SMILES string of the molecule is N#Cc1cc(Br)c(=O)[nH]c1-c1cccnc1. The molecule has 0 aromatic carbocycles. The summed E-state index contributed by atoms with van der Waals surface area (Å²) in [6, 6.07) is 7.07. The molecule has 0 radical (unpaired) electrons. The molecular formula is C11H6BrN3O. The molecule has 0 fully saturated rings. The number of H-pyrrole nitrogens is 1. The second kappa shape index (κ2) is 4.29. The predicted molar refractivity (Wildman–Crippen MR) is 62.7 cm³/mol. The molecule has 0 bridgehead atoms. The first-order valence-electron chi connectivity index (χ1n) is 4.45. The molecular weight excluding hydrogens is 270 g/mol. The molecule has 2 aromatic heterocycles. The quantitative estimate of drug-likeness (QED) is 0.866. The second-order valence-corrected chi connectivity index (χ2v) is 3.94. The van der Waals surface area contributed by atoms with Crippen LogP contribution in [0.4, 0.5) is 0 Å². The highest BCUT2D eigenvalue weighted by Gasteiger charge is 2.08. The number of hydrogen-bond acceptors (Lipinski definition) is 3. The average molecular weight is 276 g/mol. The lowest BCUT2D eigenvalue weighted by Gasteiger charge is -2.03. The summed E-state index contributed by atoms with van der Waals surface area (Å²) in [4.78, 5) is 18.0. The zero-order valence-electron chi connectivity index (χ0n) is 8.07. The molecule has 0 atom stereocenters. The van der Waals surface area contributed by atoms with Crippen LogP contribution in [0.2, 0.25) is 0 Å². The van der Waals surface area contributed by atoms with Gasteiger partial charge >= 0.3 is 0 Å². The highest BCUT2D eigenvalue weighted by Crippen LogP contribution is 2.20. The summed E-state index contributed by atoms with van der Waals surface area (Å²) in [6.45, 7) is 0. The number of rotatable bonds is 1. The summed E-state index contributed by atoms with van der Waals surface area (Å²) < 4.78 is 0.344. The van der Waals surface area contributed by atoms with Gasteiger partial charge in [-0.1, -0.05) is 0 Å². The van der Waals surface area contributed by atoms with Gasteiger partial charge in [0.15, 0.2) is 0 Å². The fourth-order valence-electron chi connectivity index (χ4n) is 1.33. The molecule has 0 saturated heterocycles. The van der Waals surface area contributed by atoms with Crippen LogP contribution >= 0.6 is 15.9 Å². The average Bonchev–Trinajstić information content (AvgIpc) is 2.33. The molecule has 2 heterocycles. The van der Waals surface area contributed by atoms with Crippen molar-refractivity contribution in [3.63, 3.8) is 0 Å². The van der Waals surface area contributed by atoms with Crippen molar-refractivity contribution in [2.24, 2.45) is 0 Å². The van der Waals surface area contributed by atoms with Gasteiger partial charge in [0.25, 0.3) is 5.56 Å². The van der Waals surface area contributed by atoms with E-state index in [9.17, 15) is 4.79 Å². The van der Waals surface area contributed by atoms with Gasteiger partial charge in [0, 0.05) is 18.0 Å². The Morgan fingerprint density at radius 3 is 2.94 bits per heavy atom. The smallest absolute Gasteiger partial charge is 0.262 e. The van der Waals surface area contributed by atoms with E-state index in [-0.39, 0.29) is 5.56 Å². The van der Waals surface area contributed by atoms with Gasteiger partial charge in [-0.05, 0) is 34.1 Å². The fourth-order valence-corrected chi connectivity index (χ4v) is 1.66. The van der Waals surface area contributed by atoms with E-state index >= 15 is 0 Å². The summed E-state index contributed by atoms with van der Waals surface area (Å²) in [7, 11) is 0. The van der Waals surface area contributed by atoms with Crippen LogP contribution in [0.3, 0.4) is 0 Å². The molecule has 1 N–H and O–H groups in total. The van der Waals surface area contributed by atoms with Crippen LogP contribution in [0.15, 0.2) is 39.9 Å². The molecule has 0 aliphatic rings. The zero-order chi connectivity index (χ0) is 11.5. The van der Waals surface area contributed by atoms with E-state index in [4.69, 9.17) is 5.26 Å². The van der Waals surface area contributed by atoms with Gasteiger partial charge in [-0.3, -0.25) is 9.78 Å². The predicted octanol–water partition coefficient (Wildman–Crippen LogP) is 2.07. The Bertz CT molecular complexity index is 613. The lowest BCUT2D eigenvalue weighted by molar-refractivity contribution is 1.19. The fraction of sp³-hybridized carbons (Fsp3) is 0. The molecule has 2 aromatic rings. The number of nitrogens with zero attached hydrogens (tertiary/aromatic N) is 2. The zero-order valence-corrected chi connectivity index (χ0v) is 9.65. The summed E-state index contributed by atoms with van der Waals surface area (Å²) in [5.74, 6) is 0. The number of aromatic nitrogens is 2. The Balaban J connectivity index is 2.71. The maximum Gasteiger partial charge on any atom is 0.262 e. The first-order chi connectivity index (χ1) is 7.72. The molecule has 2 rings (SSSR count). The van der Waals surface area contributed by atoms with E-state index in [1.54, 1.807) is 24.5 Å². The number of aromatic amines is 1. The molecule has 0 amide bonds. The van der Waals surface area contributed by atoms with Crippen molar-refractivity contribution in [3.8, 4) is 17.3 Å². The Morgan fingerprint density at radius 1 is 1.50 bits per heavy atom. The number of hydrogen-bond donors (Lipinski definition) is 1. The molecule has 0 saturated carbocycles. The summed E-state index contributed by atoms with van der Waals surface area (Å²) in [6.07, 6.45) is 3.23. The van der Waals surface area contributed by atoms with Crippen molar-refractivity contribution in [1.29, 1.82) is 5.26 Å². The molecule has 5 heteroatoms. The van der Waals surface area contributed by atoms with Crippen molar-refractivity contribution in [2.45, 2.75) is 0 Å². The van der Waals surface area contributed by atoms with E-state index in [1.165, 1.54) is 6.07 Å². The monoisotopic (exact) mass is 275 g/mol. The second-order valence-electron chi connectivity index (χ2n) is 3.09. The third-order valence-electron chi connectivity index (χ3n) is 2.07. The molecule has 0 unspecified atom stereocenters. The third kappa shape index (κ3) is 1.88. The Morgan fingerprint density at radius 2 is 2.31 bits per heavy atom. The van der Waals surface area contributed by atoms with Crippen molar-refractivity contribution in [2.75, 3.05) is 0 Å². The maximum atomic E-state index is 11.4. The topological polar surface area (TPSA) is 69.5 Å². The number of pyridine rings is 2. The van der Waals surface area contributed by atoms with Gasteiger partial charge in [-0.25, -0.2) is 0 Å². The van der Waals surface area contributed by atoms with E-state index in [2.05, 4.69) is 25.9 Å². The van der Waals surface area contributed by atoms with Gasteiger partial charge in [-0.2, -0.15) is 5.26 Å². The molecule has 0 aliphatic carbocycles. The molecule has 0 spiro atoms. The Kier molecular flexibility index (Phi) is 2.84. The normalized spacial score (nSPS) is 9.75. The minimum atomic E-state index is -0.266. The van der Waals surface area contributed by atoms with Crippen LogP contribution in [0.1, 0.15) is 5.56 Å². The van der Waals surface area contributed by atoms with Crippen molar-refractivity contribution in [3.05, 3.63) is 51.0 Å². The molecule has 4 nitrogen and oxygen atoms in total. The van der Waals surface area contributed by atoms with Crippen LogP contribution < -0.4 is 5.56 Å². The first kappa shape index (κ1) is 10.6. The van der Waals surface area contributed by atoms with Crippen LogP contribution in [-0.2, 0) is 0 Å². The van der Waals surface area contributed by atoms with E-state index < -0.39 is 0 Å². The summed E-state index contributed by atoms with van der Waals surface area (Å²) in [5.41, 5.74) is 1.34. The minimum Gasteiger partial charge on any atom is -0.320 e. The van der Waals surface area contributed by atoms with E-state index in [0.29, 0.717) is 21.3 Å². The number of halogens is 1. The van der Waals surface area contributed by atoms with Gasteiger partial charge in [0.2, 0.25) is 0 Å². The number of nitrogens with one attached hydrogen (secondary N) is 1. The van der Waals surface area contributed by atoms with Crippen LogP contribution in [0.25, 0.3) is 11.3 Å². The third-order valence-corrected chi connectivity index (χ3v) is 2.66. The largest absolute Gasteiger partial charge is 0.320 e. The lowest BCUT2D eigenvalue weighted by Crippen LogP contribution is -2.09. The van der Waals surface area contributed by atoms with Gasteiger partial charge in [0.1, 0.15) is 6.07 Å². The minimum absolute atomic E-state index is 0.266. The molecule has 78 valence electrons. The van der Waals surface area contributed by atoms with Crippen LogP contribution in [0.5, 0.6) is 0 Å².